The number of rotatable bonds is 6. The fraction of sp³-hybridized carbons (Fsp3) is 0.520. The Kier molecular flexibility index (Phi) is 7.01. The van der Waals surface area contributed by atoms with E-state index in [9.17, 15) is 9.59 Å². The molecule has 34 heavy (non-hydrogen) atoms. The molecule has 0 atom stereocenters. The molecule has 0 unspecified atom stereocenters. The monoisotopic (exact) mass is 465 g/mol. The van der Waals surface area contributed by atoms with E-state index in [0.29, 0.717) is 32.1 Å². The third-order valence-corrected chi connectivity index (χ3v) is 6.86. The maximum atomic E-state index is 13.1. The standard InChI is InChI=1S/C25H31N5O4/c31-24(18-9-14-33-15-10-18)29-12-7-22(8-13-29)34-21-5-3-20(4-6-21)30(23-2-1-11-27-28-23)25(32)19-16-26-17-19/h1-6,11,18-19,22,26H,7-10,12-17H2. The zero-order valence-electron chi connectivity index (χ0n) is 19.3. The smallest absolute Gasteiger partial charge is 0.238 e. The van der Waals surface area contributed by atoms with Crippen molar-refractivity contribution in [3.8, 4) is 5.75 Å². The second-order valence-corrected chi connectivity index (χ2v) is 9.13. The number of ether oxygens (including phenoxy) is 2. The normalized spacial score (nSPS) is 19.9. The van der Waals surface area contributed by atoms with E-state index in [2.05, 4.69) is 15.5 Å². The first-order valence-electron chi connectivity index (χ1n) is 12.1. The van der Waals surface area contributed by atoms with Gasteiger partial charge < -0.3 is 19.7 Å². The van der Waals surface area contributed by atoms with E-state index < -0.39 is 0 Å². The average molecular weight is 466 g/mol. The van der Waals surface area contributed by atoms with E-state index in [1.54, 1.807) is 23.2 Å². The number of anilines is 2. The summed E-state index contributed by atoms with van der Waals surface area (Å²) < 4.78 is 11.6. The first-order chi connectivity index (χ1) is 16.7. The second kappa shape index (κ2) is 10.5. The molecule has 0 aliphatic carbocycles. The Morgan fingerprint density at radius 3 is 2.35 bits per heavy atom. The number of amides is 2. The Labute approximate surface area is 199 Å². The van der Waals surface area contributed by atoms with Crippen LogP contribution in [-0.2, 0) is 14.3 Å². The van der Waals surface area contributed by atoms with Crippen LogP contribution in [0.5, 0.6) is 5.75 Å². The number of piperidine rings is 1. The molecule has 3 aliphatic rings. The van der Waals surface area contributed by atoms with Gasteiger partial charge in [-0.3, -0.25) is 14.5 Å². The van der Waals surface area contributed by atoms with Gasteiger partial charge in [-0.25, -0.2) is 0 Å². The Bertz CT molecular complexity index is 969. The molecule has 5 rings (SSSR count). The topological polar surface area (TPSA) is 96.9 Å². The minimum atomic E-state index is -0.0630. The molecule has 3 saturated heterocycles. The van der Waals surface area contributed by atoms with Crippen molar-refractivity contribution in [1.29, 1.82) is 0 Å². The molecule has 1 N–H and O–H groups in total. The molecule has 9 nitrogen and oxygen atoms in total. The van der Waals surface area contributed by atoms with Crippen molar-refractivity contribution in [3.63, 3.8) is 0 Å². The molecule has 0 bridgehead atoms. The van der Waals surface area contributed by atoms with Crippen molar-refractivity contribution in [2.75, 3.05) is 44.3 Å². The quantitative estimate of drug-likeness (QED) is 0.698. The summed E-state index contributed by atoms with van der Waals surface area (Å²) in [5.74, 6) is 1.59. The molecular weight excluding hydrogens is 434 g/mol. The van der Waals surface area contributed by atoms with Gasteiger partial charge in [-0.05, 0) is 49.2 Å². The fourth-order valence-electron chi connectivity index (χ4n) is 4.69. The number of hydrogen-bond acceptors (Lipinski definition) is 7. The van der Waals surface area contributed by atoms with Gasteiger partial charge in [-0.15, -0.1) is 5.10 Å². The van der Waals surface area contributed by atoms with Gasteiger partial charge in [0.15, 0.2) is 5.82 Å². The summed E-state index contributed by atoms with van der Waals surface area (Å²) in [5.41, 5.74) is 0.738. The molecule has 4 heterocycles. The van der Waals surface area contributed by atoms with Gasteiger partial charge in [0.1, 0.15) is 11.9 Å². The molecule has 0 radical (unpaired) electrons. The van der Waals surface area contributed by atoms with Crippen LogP contribution < -0.4 is 15.0 Å². The van der Waals surface area contributed by atoms with Crippen LogP contribution in [0.15, 0.2) is 42.6 Å². The maximum Gasteiger partial charge on any atom is 0.238 e. The van der Waals surface area contributed by atoms with E-state index in [4.69, 9.17) is 9.47 Å². The van der Waals surface area contributed by atoms with Crippen molar-refractivity contribution in [2.24, 2.45) is 11.8 Å². The molecule has 3 aliphatic heterocycles. The number of nitrogens with zero attached hydrogens (tertiary/aromatic N) is 4. The number of hydrogen-bond donors (Lipinski definition) is 1. The lowest BCUT2D eigenvalue weighted by molar-refractivity contribution is -0.140. The number of likely N-dealkylation sites (tertiary alicyclic amines) is 1. The first kappa shape index (κ1) is 22.7. The highest BCUT2D eigenvalue weighted by atomic mass is 16.5. The Morgan fingerprint density at radius 2 is 1.74 bits per heavy atom. The Hall–Kier alpha value is -3.04. The third kappa shape index (κ3) is 5.05. The van der Waals surface area contributed by atoms with Gasteiger partial charge in [0.2, 0.25) is 11.8 Å². The van der Waals surface area contributed by atoms with Crippen LogP contribution >= 0.6 is 0 Å². The Balaban J connectivity index is 1.19. The SMILES string of the molecule is O=C(C1CCOCC1)N1CCC(Oc2ccc(N(C(=O)C3CNC3)c3cccnn3)cc2)CC1. The molecule has 180 valence electrons. The summed E-state index contributed by atoms with van der Waals surface area (Å²) in [7, 11) is 0. The number of nitrogens with one attached hydrogen (secondary N) is 1. The lowest BCUT2D eigenvalue weighted by Gasteiger charge is -2.35. The lowest BCUT2D eigenvalue weighted by Crippen LogP contribution is -2.51. The molecule has 9 heteroatoms. The van der Waals surface area contributed by atoms with Gasteiger partial charge in [0.25, 0.3) is 0 Å². The van der Waals surface area contributed by atoms with Crippen LogP contribution in [0.4, 0.5) is 11.5 Å². The van der Waals surface area contributed by atoms with E-state index in [1.165, 1.54) is 0 Å². The van der Waals surface area contributed by atoms with Crippen LogP contribution in [0.2, 0.25) is 0 Å². The highest BCUT2D eigenvalue weighted by Gasteiger charge is 2.32. The van der Waals surface area contributed by atoms with Crippen LogP contribution in [0, 0.1) is 11.8 Å². The van der Waals surface area contributed by atoms with Crippen molar-refractivity contribution >= 4 is 23.3 Å². The van der Waals surface area contributed by atoms with Crippen LogP contribution in [-0.4, -0.2) is 72.4 Å². The summed E-state index contributed by atoms with van der Waals surface area (Å²) in [6, 6.07) is 11.1. The molecular formula is C25H31N5O4. The van der Waals surface area contributed by atoms with E-state index >= 15 is 0 Å². The van der Waals surface area contributed by atoms with Gasteiger partial charge in [0.05, 0.1) is 11.6 Å². The Morgan fingerprint density at radius 1 is 1.00 bits per heavy atom. The molecule has 0 spiro atoms. The predicted octanol–water partition coefficient (Wildman–Crippen LogP) is 2.16. The third-order valence-electron chi connectivity index (χ3n) is 6.86. The summed E-state index contributed by atoms with van der Waals surface area (Å²) in [4.78, 5) is 29.4. The van der Waals surface area contributed by atoms with Crippen LogP contribution in [0.25, 0.3) is 0 Å². The van der Waals surface area contributed by atoms with Crippen molar-refractivity contribution in [1.82, 2.24) is 20.4 Å². The summed E-state index contributed by atoms with van der Waals surface area (Å²) in [6.07, 6.45) is 4.95. The second-order valence-electron chi connectivity index (χ2n) is 9.13. The number of carbonyl (C=O) groups is 2. The predicted molar refractivity (Wildman–Crippen MR) is 126 cm³/mol. The number of carbonyl (C=O) groups excluding carboxylic acids is 2. The number of benzene rings is 1. The summed E-state index contributed by atoms with van der Waals surface area (Å²) >= 11 is 0. The highest BCUT2D eigenvalue weighted by molar-refractivity contribution is 6.01. The maximum absolute atomic E-state index is 13.1. The van der Waals surface area contributed by atoms with Crippen molar-refractivity contribution < 1.29 is 19.1 Å². The first-order valence-corrected chi connectivity index (χ1v) is 12.1. The summed E-state index contributed by atoms with van der Waals surface area (Å²) in [6.45, 7) is 4.17. The van der Waals surface area contributed by atoms with E-state index in [-0.39, 0.29) is 29.8 Å². The minimum Gasteiger partial charge on any atom is -0.490 e. The zero-order valence-corrected chi connectivity index (χ0v) is 19.3. The average Bonchev–Trinajstić information content (AvgIpc) is 2.85. The molecule has 2 amide bonds. The van der Waals surface area contributed by atoms with Crippen molar-refractivity contribution in [3.05, 3.63) is 42.6 Å². The summed E-state index contributed by atoms with van der Waals surface area (Å²) in [5, 5.41) is 11.2. The van der Waals surface area contributed by atoms with Crippen molar-refractivity contribution in [2.45, 2.75) is 31.8 Å². The van der Waals surface area contributed by atoms with E-state index in [0.717, 1.165) is 50.2 Å². The van der Waals surface area contributed by atoms with Crippen LogP contribution in [0.3, 0.4) is 0 Å². The molecule has 2 aromatic rings. The molecule has 1 aromatic heterocycles. The van der Waals surface area contributed by atoms with Gasteiger partial charge in [-0.2, -0.15) is 5.10 Å². The molecule has 0 saturated carbocycles. The molecule has 3 fully saturated rings. The minimum absolute atomic E-state index is 0.00878. The highest BCUT2D eigenvalue weighted by Crippen LogP contribution is 2.29. The van der Waals surface area contributed by atoms with Crippen LogP contribution in [0.1, 0.15) is 25.7 Å². The molecule has 1 aromatic carbocycles. The fourth-order valence-corrected chi connectivity index (χ4v) is 4.69. The zero-order chi connectivity index (χ0) is 23.3. The number of aromatic nitrogens is 2. The largest absolute Gasteiger partial charge is 0.490 e. The van der Waals surface area contributed by atoms with E-state index in [1.807, 2.05) is 29.2 Å². The van der Waals surface area contributed by atoms with Gasteiger partial charge in [0, 0.05) is 64.3 Å². The lowest BCUT2D eigenvalue weighted by atomic mass is 9.97. The van der Waals surface area contributed by atoms with Gasteiger partial charge >= 0.3 is 0 Å². The van der Waals surface area contributed by atoms with Gasteiger partial charge in [-0.1, -0.05) is 0 Å².